The summed E-state index contributed by atoms with van der Waals surface area (Å²) in [4.78, 5) is 23.2. The molecule has 6 nitrogen and oxygen atoms in total. The smallest absolute Gasteiger partial charge is 0.331 e. The highest BCUT2D eigenvalue weighted by Gasteiger charge is 2.36. The first-order valence-corrected chi connectivity index (χ1v) is 5.73. The highest BCUT2D eigenvalue weighted by Crippen LogP contribution is 2.20. The maximum atomic E-state index is 13.9. The number of carbonyl (C=O) groups is 2. The molecule has 0 aliphatic carbocycles. The van der Waals surface area contributed by atoms with E-state index in [1.54, 1.807) is 0 Å². The van der Waals surface area contributed by atoms with Gasteiger partial charge in [-0.15, -0.1) is 0 Å². The normalized spacial score (nSPS) is 13.4. The lowest BCUT2D eigenvalue weighted by Crippen LogP contribution is -2.55. The van der Waals surface area contributed by atoms with Crippen LogP contribution in [0.25, 0.3) is 0 Å². The summed E-state index contributed by atoms with van der Waals surface area (Å²) in [6, 6.07) is 4.03. The minimum atomic E-state index is -1.65. The van der Waals surface area contributed by atoms with Crippen LogP contribution in [-0.4, -0.2) is 43.3 Å². The summed E-state index contributed by atoms with van der Waals surface area (Å²) >= 11 is 0. The molecule has 20 heavy (non-hydrogen) atoms. The minimum absolute atomic E-state index is 0.0959. The van der Waals surface area contributed by atoms with E-state index in [1.807, 2.05) is 0 Å². The highest BCUT2D eigenvalue weighted by atomic mass is 19.1. The van der Waals surface area contributed by atoms with E-state index < -0.39 is 23.2 Å². The lowest BCUT2D eigenvalue weighted by molar-refractivity contribution is -0.145. The Hall–Kier alpha value is -2.15. The number of hydrogen-bond acceptors (Lipinski definition) is 4. The number of benzene rings is 1. The molecule has 0 aromatic heterocycles. The summed E-state index contributed by atoms with van der Waals surface area (Å²) in [6.45, 7) is 1.02. The fourth-order valence-electron chi connectivity index (χ4n) is 1.60. The van der Waals surface area contributed by atoms with Gasteiger partial charge in [0.05, 0.1) is 19.3 Å². The first kappa shape index (κ1) is 15.9. The van der Waals surface area contributed by atoms with Crippen LogP contribution in [0.3, 0.4) is 0 Å². The monoisotopic (exact) mass is 285 g/mol. The fourth-order valence-corrected chi connectivity index (χ4v) is 1.60. The lowest BCUT2D eigenvalue weighted by Gasteiger charge is -2.25. The molecule has 1 atom stereocenters. The Morgan fingerprint density at radius 2 is 2.05 bits per heavy atom. The third kappa shape index (κ3) is 3.24. The van der Waals surface area contributed by atoms with Crippen LogP contribution in [0.5, 0.6) is 5.75 Å². The van der Waals surface area contributed by atoms with Gasteiger partial charge in [-0.05, 0) is 19.1 Å². The van der Waals surface area contributed by atoms with Crippen molar-refractivity contribution < 1.29 is 28.6 Å². The van der Waals surface area contributed by atoms with Gasteiger partial charge >= 0.3 is 5.97 Å². The molecule has 0 heterocycles. The molecule has 1 unspecified atom stereocenters. The average molecular weight is 285 g/mol. The summed E-state index contributed by atoms with van der Waals surface area (Å²) in [5.41, 5.74) is -1.95. The van der Waals surface area contributed by atoms with Gasteiger partial charge in [0, 0.05) is 7.11 Å². The Morgan fingerprint density at radius 1 is 1.40 bits per heavy atom. The molecule has 1 rings (SSSR count). The van der Waals surface area contributed by atoms with Crippen LogP contribution < -0.4 is 10.1 Å². The third-order valence-electron chi connectivity index (χ3n) is 2.72. The van der Waals surface area contributed by atoms with Crippen molar-refractivity contribution in [2.24, 2.45) is 0 Å². The van der Waals surface area contributed by atoms with Crippen LogP contribution in [0.15, 0.2) is 18.2 Å². The third-order valence-corrected chi connectivity index (χ3v) is 2.72. The molecule has 0 aliphatic rings. The highest BCUT2D eigenvalue weighted by molar-refractivity contribution is 5.98. The lowest BCUT2D eigenvalue weighted by atomic mass is 10.0. The fraction of sp³-hybridized carbons (Fsp3) is 0.385. The Morgan fingerprint density at radius 3 is 2.55 bits per heavy atom. The summed E-state index contributed by atoms with van der Waals surface area (Å²) in [5, 5.41) is 11.4. The zero-order valence-corrected chi connectivity index (χ0v) is 11.4. The van der Waals surface area contributed by atoms with Gasteiger partial charge in [-0.25, -0.2) is 9.18 Å². The maximum Gasteiger partial charge on any atom is 0.331 e. The van der Waals surface area contributed by atoms with Crippen molar-refractivity contribution in [2.75, 3.05) is 20.8 Å². The molecule has 110 valence electrons. The van der Waals surface area contributed by atoms with Crippen molar-refractivity contribution in [1.29, 1.82) is 0 Å². The Balaban J connectivity index is 3.04. The Kier molecular flexibility index (Phi) is 5.04. The number of rotatable bonds is 6. The molecule has 0 fully saturated rings. The van der Waals surface area contributed by atoms with Crippen LogP contribution in [0, 0.1) is 5.82 Å². The van der Waals surface area contributed by atoms with E-state index in [2.05, 4.69) is 5.32 Å². The maximum absolute atomic E-state index is 13.9. The van der Waals surface area contributed by atoms with E-state index in [1.165, 1.54) is 39.3 Å². The number of hydrogen-bond donors (Lipinski definition) is 2. The van der Waals surface area contributed by atoms with E-state index in [9.17, 15) is 14.0 Å². The molecule has 0 aliphatic heterocycles. The number of nitrogens with one attached hydrogen (secondary N) is 1. The second-order valence-electron chi connectivity index (χ2n) is 4.35. The molecule has 0 bridgehead atoms. The van der Waals surface area contributed by atoms with Crippen molar-refractivity contribution in [3.05, 3.63) is 29.6 Å². The van der Waals surface area contributed by atoms with E-state index in [0.717, 1.165) is 0 Å². The van der Waals surface area contributed by atoms with E-state index in [4.69, 9.17) is 14.6 Å². The second kappa shape index (κ2) is 6.33. The zero-order valence-electron chi connectivity index (χ0n) is 11.4. The van der Waals surface area contributed by atoms with Crippen LogP contribution in [0.1, 0.15) is 17.3 Å². The molecular weight excluding hydrogens is 269 g/mol. The molecule has 0 spiro atoms. The average Bonchev–Trinajstić information content (AvgIpc) is 2.38. The number of ether oxygens (including phenoxy) is 2. The molecule has 0 saturated carbocycles. The van der Waals surface area contributed by atoms with E-state index in [0.29, 0.717) is 0 Å². The van der Waals surface area contributed by atoms with Gasteiger partial charge in [0.15, 0.2) is 17.1 Å². The van der Waals surface area contributed by atoms with Crippen LogP contribution in [-0.2, 0) is 9.53 Å². The standard InChI is InChI=1S/C13H16FNO5/c1-13(7-19-2,12(17)18)15-11(16)8-5-4-6-9(20-3)10(8)14/h4-6H,7H2,1-3H3,(H,15,16)(H,17,18). The van der Waals surface area contributed by atoms with Gasteiger partial charge in [-0.2, -0.15) is 0 Å². The molecule has 1 amide bonds. The molecule has 0 saturated heterocycles. The number of carboxylic acid groups (broad SMARTS) is 1. The van der Waals surface area contributed by atoms with Gasteiger partial charge < -0.3 is 19.9 Å². The van der Waals surface area contributed by atoms with Crippen molar-refractivity contribution in [3.8, 4) is 5.75 Å². The van der Waals surface area contributed by atoms with Crippen molar-refractivity contribution in [3.63, 3.8) is 0 Å². The molecule has 2 N–H and O–H groups in total. The number of amides is 1. The first-order chi connectivity index (χ1) is 9.35. The second-order valence-corrected chi connectivity index (χ2v) is 4.35. The molecule has 0 radical (unpaired) electrons. The summed E-state index contributed by atoms with van der Waals surface area (Å²) in [6.07, 6.45) is 0. The number of halogens is 1. The summed E-state index contributed by atoms with van der Waals surface area (Å²) in [7, 11) is 2.58. The molecular formula is C13H16FNO5. The Bertz CT molecular complexity index is 519. The van der Waals surface area contributed by atoms with E-state index in [-0.39, 0.29) is 17.9 Å². The summed E-state index contributed by atoms with van der Waals surface area (Å²) < 4.78 is 23.5. The SMILES string of the molecule is COCC(C)(NC(=O)c1cccc(OC)c1F)C(=O)O. The zero-order chi connectivity index (χ0) is 15.3. The molecule has 1 aromatic carbocycles. The van der Waals surface area contributed by atoms with Crippen LogP contribution >= 0.6 is 0 Å². The quantitative estimate of drug-likeness (QED) is 0.816. The van der Waals surface area contributed by atoms with E-state index >= 15 is 0 Å². The van der Waals surface area contributed by atoms with Gasteiger partial charge in [0.2, 0.25) is 0 Å². The van der Waals surface area contributed by atoms with Crippen molar-refractivity contribution in [2.45, 2.75) is 12.5 Å². The van der Waals surface area contributed by atoms with Gasteiger partial charge in [0.25, 0.3) is 5.91 Å². The van der Waals surface area contributed by atoms with Crippen molar-refractivity contribution >= 4 is 11.9 Å². The minimum Gasteiger partial charge on any atom is -0.494 e. The van der Waals surface area contributed by atoms with Gasteiger partial charge in [-0.1, -0.05) is 6.07 Å². The van der Waals surface area contributed by atoms with Crippen LogP contribution in [0.2, 0.25) is 0 Å². The van der Waals surface area contributed by atoms with Gasteiger partial charge in [0.1, 0.15) is 0 Å². The van der Waals surface area contributed by atoms with Crippen LogP contribution in [0.4, 0.5) is 4.39 Å². The number of carboxylic acids is 1. The predicted octanol–water partition coefficient (Wildman–Crippen LogP) is 1.05. The number of methoxy groups -OCH3 is 2. The van der Waals surface area contributed by atoms with Crippen molar-refractivity contribution in [1.82, 2.24) is 5.32 Å². The molecule has 7 heteroatoms. The largest absolute Gasteiger partial charge is 0.494 e. The topological polar surface area (TPSA) is 84.9 Å². The summed E-state index contributed by atoms with van der Waals surface area (Å²) in [5.74, 6) is -3.08. The number of aliphatic carboxylic acids is 1. The number of carbonyl (C=O) groups excluding carboxylic acids is 1. The Labute approximate surface area is 115 Å². The van der Waals surface area contributed by atoms with Gasteiger partial charge in [-0.3, -0.25) is 4.79 Å². The first-order valence-electron chi connectivity index (χ1n) is 5.73. The predicted molar refractivity (Wildman–Crippen MR) is 68.3 cm³/mol. The molecule has 1 aromatic rings.